The summed E-state index contributed by atoms with van der Waals surface area (Å²) >= 11 is 12.2. The van der Waals surface area contributed by atoms with Crippen LogP contribution in [0.2, 0.25) is 10.0 Å². The normalized spacial score (nSPS) is 10.6. The molecule has 0 amide bonds. The van der Waals surface area contributed by atoms with Crippen molar-refractivity contribution in [1.29, 1.82) is 0 Å². The van der Waals surface area contributed by atoms with E-state index in [-0.39, 0.29) is 18.3 Å². The van der Waals surface area contributed by atoms with Crippen molar-refractivity contribution in [3.05, 3.63) is 52.3 Å². The minimum absolute atomic E-state index is 0.222. The van der Waals surface area contributed by atoms with Gasteiger partial charge in [-0.3, -0.25) is 4.79 Å². The van der Waals surface area contributed by atoms with E-state index in [2.05, 4.69) is 9.97 Å². The number of hydrogen-bond donors (Lipinski definition) is 0. The molecule has 134 valence electrons. The van der Waals surface area contributed by atoms with Gasteiger partial charge < -0.3 is 14.2 Å². The van der Waals surface area contributed by atoms with E-state index < -0.39 is 0 Å². The van der Waals surface area contributed by atoms with Gasteiger partial charge in [0.05, 0.1) is 35.7 Å². The Kier molecular flexibility index (Phi) is 5.44. The highest BCUT2D eigenvalue weighted by atomic mass is 35.5. The van der Waals surface area contributed by atoms with E-state index in [0.29, 0.717) is 38.0 Å². The van der Waals surface area contributed by atoms with Gasteiger partial charge in [-0.2, -0.15) is 0 Å². The molecule has 26 heavy (non-hydrogen) atoms. The number of carbonyl (C=O) groups is 1. The number of ether oxygens (including phenoxy) is 3. The molecule has 0 unspecified atom stereocenters. The molecule has 0 aliphatic carbocycles. The van der Waals surface area contributed by atoms with Crippen LogP contribution in [0.25, 0.3) is 10.9 Å². The second kappa shape index (κ2) is 7.76. The molecule has 0 aliphatic rings. The summed E-state index contributed by atoms with van der Waals surface area (Å²) in [7, 11) is 3.02. The van der Waals surface area contributed by atoms with E-state index in [4.69, 9.17) is 37.4 Å². The Balaban J connectivity index is 1.86. The van der Waals surface area contributed by atoms with Crippen LogP contribution in [0.15, 0.2) is 36.7 Å². The average molecular weight is 393 g/mol. The number of carbonyl (C=O) groups excluding carboxylic acids is 1. The molecule has 1 heterocycles. The van der Waals surface area contributed by atoms with Gasteiger partial charge in [0.1, 0.15) is 17.8 Å². The first-order valence-electron chi connectivity index (χ1n) is 7.51. The van der Waals surface area contributed by atoms with Crippen molar-refractivity contribution in [1.82, 2.24) is 9.97 Å². The molecule has 0 fully saturated rings. The predicted molar refractivity (Wildman–Crippen MR) is 98.9 cm³/mol. The molecule has 0 spiro atoms. The van der Waals surface area contributed by atoms with Gasteiger partial charge in [0, 0.05) is 11.1 Å². The number of Topliss-reactive ketones (excluding diaryl/α,β-unsaturated/α-hetero) is 1. The van der Waals surface area contributed by atoms with E-state index >= 15 is 0 Å². The first-order chi connectivity index (χ1) is 12.5. The molecule has 0 bridgehead atoms. The minimum atomic E-state index is -0.274. The summed E-state index contributed by atoms with van der Waals surface area (Å²) in [5.74, 6) is 0.937. The summed E-state index contributed by atoms with van der Waals surface area (Å²) < 4.78 is 16.0. The molecule has 1 aromatic heterocycles. The second-order valence-corrected chi connectivity index (χ2v) is 6.08. The van der Waals surface area contributed by atoms with Crippen molar-refractivity contribution in [2.75, 3.05) is 20.8 Å². The van der Waals surface area contributed by atoms with Crippen molar-refractivity contribution >= 4 is 39.9 Å². The maximum absolute atomic E-state index is 12.5. The fourth-order valence-corrected chi connectivity index (χ4v) is 2.97. The number of ketones is 1. The molecule has 0 radical (unpaired) electrons. The lowest BCUT2D eigenvalue weighted by molar-refractivity contribution is 0.0916. The monoisotopic (exact) mass is 392 g/mol. The maximum atomic E-state index is 12.5. The SMILES string of the molecule is COc1ccc(C(=O)COc2ncnc3c(Cl)cc(Cl)cc23)c(OC)c1. The van der Waals surface area contributed by atoms with Crippen molar-refractivity contribution in [2.45, 2.75) is 0 Å². The Morgan fingerprint density at radius 2 is 1.88 bits per heavy atom. The van der Waals surface area contributed by atoms with Gasteiger partial charge in [0.25, 0.3) is 0 Å². The number of nitrogens with zero attached hydrogens (tertiary/aromatic N) is 2. The topological polar surface area (TPSA) is 70.5 Å². The molecular formula is C18H14Cl2N2O4. The third-order valence-electron chi connectivity index (χ3n) is 3.67. The summed E-state index contributed by atoms with van der Waals surface area (Å²) in [6.45, 7) is -0.237. The molecule has 0 atom stereocenters. The largest absolute Gasteiger partial charge is 0.497 e. The van der Waals surface area contributed by atoms with Crippen molar-refractivity contribution < 1.29 is 19.0 Å². The highest BCUT2D eigenvalue weighted by molar-refractivity contribution is 6.38. The fraction of sp³-hybridized carbons (Fsp3) is 0.167. The first-order valence-corrected chi connectivity index (χ1v) is 8.27. The Hall–Kier alpha value is -2.57. The zero-order chi connectivity index (χ0) is 18.7. The van der Waals surface area contributed by atoms with Crippen LogP contribution in [0, 0.1) is 0 Å². The fourth-order valence-electron chi connectivity index (χ4n) is 2.42. The number of methoxy groups -OCH3 is 2. The zero-order valence-corrected chi connectivity index (χ0v) is 15.5. The lowest BCUT2D eigenvalue weighted by Crippen LogP contribution is -2.13. The molecule has 6 nitrogen and oxygen atoms in total. The van der Waals surface area contributed by atoms with E-state index in [0.717, 1.165) is 0 Å². The number of halogens is 2. The lowest BCUT2D eigenvalue weighted by Gasteiger charge is -2.11. The standard InChI is InChI=1S/C18H14Cl2N2O4/c1-24-11-3-4-12(16(7-11)25-2)15(23)8-26-18-13-5-10(19)6-14(20)17(13)21-9-22-18/h3-7,9H,8H2,1-2H3. The van der Waals surface area contributed by atoms with Crippen LogP contribution in [0.5, 0.6) is 17.4 Å². The van der Waals surface area contributed by atoms with Crippen LogP contribution in [0.4, 0.5) is 0 Å². The highest BCUT2D eigenvalue weighted by Crippen LogP contribution is 2.31. The summed E-state index contributed by atoms with van der Waals surface area (Å²) in [4.78, 5) is 20.7. The Morgan fingerprint density at radius 3 is 2.62 bits per heavy atom. The van der Waals surface area contributed by atoms with Gasteiger partial charge in [0.2, 0.25) is 11.7 Å². The maximum Gasteiger partial charge on any atom is 0.225 e. The van der Waals surface area contributed by atoms with E-state index in [1.54, 1.807) is 30.3 Å². The van der Waals surface area contributed by atoms with E-state index in [9.17, 15) is 4.79 Å². The summed E-state index contributed by atoms with van der Waals surface area (Å²) in [6.07, 6.45) is 1.32. The third-order valence-corrected chi connectivity index (χ3v) is 4.18. The molecule has 3 aromatic rings. The lowest BCUT2D eigenvalue weighted by atomic mass is 10.1. The van der Waals surface area contributed by atoms with Crippen LogP contribution in [0.3, 0.4) is 0 Å². The summed E-state index contributed by atoms with van der Waals surface area (Å²) in [5, 5.41) is 1.33. The van der Waals surface area contributed by atoms with Gasteiger partial charge in [0.15, 0.2) is 6.61 Å². The molecule has 0 N–H and O–H groups in total. The van der Waals surface area contributed by atoms with Crippen LogP contribution < -0.4 is 14.2 Å². The molecule has 0 aliphatic heterocycles. The number of fused-ring (bicyclic) bond motifs is 1. The van der Waals surface area contributed by atoms with Crippen LogP contribution in [0.1, 0.15) is 10.4 Å². The van der Waals surface area contributed by atoms with Gasteiger partial charge in [-0.05, 0) is 24.3 Å². The second-order valence-electron chi connectivity index (χ2n) is 5.24. The van der Waals surface area contributed by atoms with E-state index in [1.807, 2.05) is 0 Å². The minimum Gasteiger partial charge on any atom is -0.497 e. The first kappa shape index (κ1) is 18.2. The van der Waals surface area contributed by atoms with E-state index in [1.165, 1.54) is 20.5 Å². The van der Waals surface area contributed by atoms with Crippen LogP contribution in [-0.2, 0) is 0 Å². The molecule has 8 heteroatoms. The van der Waals surface area contributed by atoms with Gasteiger partial charge >= 0.3 is 0 Å². The number of benzene rings is 2. The quantitative estimate of drug-likeness (QED) is 0.585. The predicted octanol–water partition coefficient (Wildman–Crippen LogP) is 4.22. The third kappa shape index (κ3) is 3.66. The molecular weight excluding hydrogens is 379 g/mol. The van der Waals surface area contributed by atoms with Crippen LogP contribution in [-0.4, -0.2) is 36.6 Å². The Bertz CT molecular complexity index is 979. The summed E-state index contributed by atoms with van der Waals surface area (Å²) in [5.41, 5.74) is 0.873. The molecule has 3 rings (SSSR count). The van der Waals surface area contributed by atoms with Crippen molar-refractivity contribution in [2.24, 2.45) is 0 Å². The Labute approximate surface area is 159 Å². The molecule has 0 saturated heterocycles. The van der Waals surface area contributed by atoms with Crippen LogP contribution >= 0.6 is 23.2 Å². The smallest absolute Gasteiger partial charge is 0.225 e. The summed E-state index contributed by atoms with van der Waals surface area (Å²) in [6, 6.07) is 8.14. The number of aromatic nitrogens is 2. The average Bonchev–Trinajstić information content (AvgIpc) is 2.65. The van der Waals surface area contributed by atoms with Gasteiger partial charge in [-0.25, -0.2) is 9.97 Å². The highest BCUT2D eigenvalue weighted by Gasteiger charge is 2.16. The van der Waals surface area contributed by atoms with Crippen molar-refractivity contribution in [3.8, 4) is 17.4 Å². The number of rotatable bonds is 6. The number of hydrogen-bond acceptors (Lipinski definition) is 6. The molecule has 2 aromatic carbocycles. The molecule has 0 saturated carbocycles. The van der Waals surface area contributed by atoms with Gasteiger partial charge in [-0.15, -0.1) is 0 Å². The zero-order valence-electron chi connectivity index (χ0n) is 14.0. The Morgan fingerprint density at radius 1 is 1.08 bits per heavy atom. The van der Waals surface area contributed by atoms with Crippen molar-refractivity contribution in [3.63, 3.8) is 0 Å². The van der Waals surface area contributed by atoms with Gasteiger partial charge in [-0.1, -0.05) is 23.2 Å².